The minimum Gasteiger partial charge on any atom is -0.0974 e. The minimum absolute atomic E-state index is 1.34. The molecule has 17 heavy (non-hydrogen) atoms. The van der Waals surface area contributed by atoms with Crippen LogP contribution < -0.4 is 0 Å². The Morgan fingerprint density at radius 1 is 0.882 bits per heavy atom. The van der Waals surface area contributed by atoms with Crippen LogP contribution in [0.25, 0.3) is 22.9 Å². The molecule has 0 atom stereocenters. The summed E-state index contributed by atoms with van der Waals surface area (Å²) in [6, 6.07) is 8.98. The molecule has 4 rings (SSSR count). The first-order valence-electron chi connectivity index (χ1n) is 5.31. The van der Waals surface area contributed by atoms with E-state index in [1.54, 1.807) is 0 Å². The third-order valence-electron chi connectivity index (χ3n) is 3.07. The van der Waals surface area contributed by atoms with Gasteiger partial charge in [-0.1, -0.05) is 35.7 Å². The van der Waals surface area contributed by atoms with Gasteiger partial charge in [-0.25, -0.2) is 0 Å². The van der Waals surface area contributed by atoms with Crippen molar-refractivity contribution in [3.8, 4) is 0 Å². The molecule has 0 spiro atoms. The average Bonchev–Trinajstić information content (AvgIpc) is 2.35. The Morgan fingerprint density at radius 2 is 1.65 bits per heavy atom. The monoisotopic (exact) mass is 366 g/mol. The molecule has 0 fully saturated rings. The van der Waals surface area contributed by atoms with E-state index in [0.29, 0.717) is 0 Å². The predicted octanol–water partition coefficient (Wildman–Crippen LogP) is 5.76. The lowest BCUT2D eigenvalue weighted by molar-refractivity contribution is 1.45. The van der Waals surface area contributed by atoms with Crippen LogP contribution in [0.2, 0.25) is 0 Å². The molecule has 2 aliphatic rings. The van der Waals surface area contributed by atoms with E-state index < -0.39 is 0 Å². The SMILES string of the molecule is IC1=Cc2ccc3c4c(ccc(c24)S1)C=CS3. The van der Waals surface area contributed by atoms with Crippen LogP contribution in [0.1, 0.15) is 11.1 Å². The summed E-state index contributed by atoms with van der Waals surface area (Å²) < 4.78 is 1.34. The fourth-order valence-electron chi connectivity index (χ4n) is 2.36. The van der Waals surface area contributed by atoms with Gasteiger partial charge in [0.05, 0.1) is 2.91 Å². The second-order valence-corrected chi connectivity index (χ2v) is 7.95. The molecule has 0 amide bonds. The molecule has 0 radical (unpaired) electrons. The van der Waals surface area contributed by atoms with Crippen LogP contribution in [0, 0.1) is 0 Å². The number of rotatable bonds is 0. The van der Waals surface area contributed by atoms with Gasteiger partial charge in [-0.2, -0.15) is 0 Å². The topological polar surface area (TPSA) is 0 Å². The Morgan fingerprint density at radius 3 is 2.59 bits per heavy atom. The first kappa shape index (κ1) is 10.5. The van der Waals surface area contributed by atoms with Gasteiger partial charge in [0.25, 0.3) is 0 Å². The van der Waals surface area contributed by atoms with Gasteiger partial charge >= 0.3 is 0 Å². The van der Waals surface area contributed by atoms with Gasteiger partial charge in [-0.05, 0) is 63.4 Å². The van der Waals surface area contributed by atoms with Gasteiger partial charge in [-0.15, -0.1) is 0 Å². The highest BCUT2D eigenvalue weighted by Gasteiger charge is 2.18. The molecule has 2 aromatic rings. The van der Waals surface area contributed by atoms with Gasteiger partial charge in [0, 0.05) is 20.6 Å². The lowest BCUT2D eigenvalue weighted by Gasteiger charge is -2.19. The molecule has 0 N–H and O–H groups in total. The first-order valence-corrected chi connectivity index (χ1v) is 8.08. The summed E-state index contributed by atoms with van der Waals surface area (Å²) in [6.07, 6.45) is 4.50. The van der Waals surface area contributed by atoms with Crippen LogP contribution in [-0.2, 0) is 0 Å². The van der Waals surface area contributed by atoms with E-state index in [9.17, 15) is 0 Å². The van der Waals surface area contributed by atoms with Crippen molar-refractivity contribution in [1.29, 1.82) is 0 Å². The Kier molecular flexibility index (Phi) is 2.35. The summed E-state index contributed by atoms with van der Waals surface area (Å²) >= 11 is 6.10. The maximum Gasteiger partial charge on any atom is 0.0512 e. The molecule has 0 aromatic heterocycles. The fraction of sp³-hybridized carbons (Fsp3) is 0. The maximum atomic E-state index is 2.41. The second kappa shape index (κ2) is 3.80. The highest BCUT2D eigenvalue weighted by Crippen LogP contribution is 2.48. The number of hydrogen-bond acceptors (Lipinski definition) is 2. The van der Waals surface area contributed by atoms with Crippen LogP contribution in [0.15, 0.2) is 42.4 Å². The normalized spacial score (nSPS) is 16.2. The van der Waals surface area contributed by atoms with Crippen LogP contribution in [0.4, 0.5) is 0 Å². The molecule has 2 aliphatic heterocycles. The van der Waals surface area contributed by atoms with E-state index in [0.717, 1.165) is 0 Å². The molecule has 0 saturated carbocycles. The van der Waals surface area contributed by atoms with Crippen LogP contribution in [-0.4, -0.2) is 0 Å². The smallest absolute Gasteiger partial charge is 0.0512 e. The molecule has 0 aliphatic carbocycles. The van der Waals surface area contributed by atoms with Crippen molar-refractivity contribution in [2.24, 2.45) is 0 Å². The van der Waals surface area contributed by atoms with Gasteiger partial charge in [-0.3, -0.25) is 0 Å². The van der Waals surface area contributed by atoms with E-state index in [-0.39, 0.29) is 0 Å². The molecule has 2 heterocycles. The number of benzene rings is 2. The highest BCUT2D eigenvalue weighted by molar-refractivity contribution is 14.1. The molecular weight excluding hydrogens is 359 g/mol. The molecular formula is C14H7IS2. The second-order valence-electron chi connectivity index (χ2n) is 4.03. The van der Waals surface area contributed by atoms with Crippen LogP contribution in [0.5, 0.6) is 0 Å². The molecule has 0 bridgehead atoms. The first-order chi connectivity index (χ1) is 8.33. The van der Waals surface area contributed by atoms with Gasteiger partial charge in [0.1, 0.15) is 0 Å². The van der Waals surface area contributed by atoms with E-state index in [4.69, 9.17) is 0 Å². The third kappa shape index (κ3) is 1.52. The van der Waals surface area contributed by atoms with Gasteiger partial charge < -0.3 is 0 Å². The van der Waals surface area contributed by atoms with E-state index in [2.05, 4.69) is 64.4 Å². The maximum absolute atomic E-state index is 2.41. The van der Waals surface area contributed by atoms with E-state index >= 15 is 0 Å². The summed E-state index contributed by atoms with van der Waals surface area (Å²) in [5, 5.41) is 5.04. The zero-order valence-corrected chi connectivity index (χ0v) is 12.5. The summed E-state index contributed by atoms with van der Waals surface area (Å²) in [7, 11) is 0. The fourth-order valence-corrected chi connectivity index (χ4v) is 5.11. The molecule has 0 nitrogen and oxygen atoms in total. The molecule has 82 valence electrons. The minimum atomic E-state index is 1.34. The Bertz CT molecular complexity index is 714. The summed E-state index contributed by atoms with van der Waals surface area (Å²) in [6.45, 7) is 0. The van der Waals surface area contributed by atoms with Crippen molar-refractivity contribution >= 4 is 69.0 Å². The Hall–Kier alpha value is -0.390. The third-order valence-corrected chi connectivity index (χ3v) is 5.78. The molecule has 0 saturated heterocycles. The van der Waals surface area contributed by atoms with E-state index in [1.807, 2.05) is 23.5 Å². The number of hydrogen-bond donors (Lipinski definition) is 0. The zero-order valence-electron chi connectivity index (χ0n) is 8.74. The molecule has 2 aromatic carbocycles. The molecule has 0 unspecified atom stereocenters. The van der Waals surface area contributed by atoms with Crippen molar-refractivity contribution in [2.75, 3.05) is 0 Å². The highest BCUT2D eigenvalue weighted by atomic mass is 127. The summed E-state index contributed by atoms with van der Waals surface area (Å²) in [5.74, 6) is 0. The van der Waals surface area contributed by atoms with Gasteiger partial charge in [0.2, 0.25) is 0 Å². The molecule has 3 heteroatoms. The van der Waals surface area contributed by atoms with E-state index in [1.165, 1.54) is 34.6 Å². The predicted molar refractivity (Wildman–Crippen MR) is 86.7 cm³/mol. The average molecular weight is 366 g/mol. The van der Waals surface area contributed by atoms with Crippen molar-refractivity contribution in [3.63, 3.8) is 0 Å². The van der Waals surface area contributed by atoms with Crippen LogP contribution in [0.3, 0.4) is 0 Å². The number of thioether (sulfide) groups is 2. The quantitative estimate of drug-likeness (QED) is 0.544. The Labute approximate surface area is 122 Å². The standard InChI is InChI=1S/C14H7IS2/c15-12-7-9-2-3-10-13-8(5-6-16-10)1-4-11(17-12)14(9)13/h1-7H. The largest absolute Gasteiger partial charge is 0.0974 e. The van der Waals surface area contributed by atoms with Crippen molar-refractivity contribution < 1.29 is 0 Å². The summed E-state index contributed by atoms with van der Waals surface area (Å²) in [5.41, 5.74) is 2.71. The van der Waals surface area contributed by atoms with Gasteiger partial charge in [0.15, 0.2) is 0 Å². The lowest BCUT2D eigenvalue weighted by Crippen LogP contribution is -1.93. The van der Waals surface area contributed by atoms with Crippen LogP contribution >= 0.6 is 46.1 Å². The van der Waals surface area contributed by atoms with Crippen molar-refractivity contribution in [3.05, 3.63) is 43.7 Å². The Balaban J connectivity index is 2.24. The zero-order chi connectivity index (χ0) is 11.4. The van der Waals surface area contributed by atoms with Crippen molar-refractivity contribution in [1.82, 2.24) is 0 Å². The number of halogens is 1. The lowest BCUT2D eigenvalue weighted by atomic mass is 9.99. The van der Waals surface area contributed by atoms with Crippen molar-refractivity contribution in [2.45, 2.75) is 9.79 Å². The summed E-state index contributed by atoms with van der Waals surface area (Å²) in [4.78, 5) is 2.78.